The van der Waals surface area contributed by atoms with Crippen molar-refractivity contribution < 1.29 is 54.7 Å². The molecule has 0 spiro atoms. The average molecular weight is 1610 g/mol. The van der Waals surface area contributed by atoms with E-state index >= 15 is 0 Å². The number of anilines is 11. The average Bonchev–Trinajstić information content (AvgIpc) is 0.807. The second-order valence-corrected chi connectivity index (χ2v) is 28.8. The number of sulfonamides is 2. The predicted molar refractivity (Wildman–Crippen MR) is 440 cm³/mol. The van der Waals surface area contributed by atoms with E-state index in [0.717, 1.165) is 128 Å². The lowest BCUT2D eigenvalue weighted by Gasteiger charge is -2.41. The first kappa shape index (κ1) is 87.1. The minimum absolute atomic E-state index is 0.0139. The molecule has 0 saturated carbocycles. The maximum atomic E-state index is 12.2. The Balaban J connectivity index is 0.000000223. The number of hydrogen-bond acceptors (Lipinski definition) is 24. The second kappa shape index (κ2) is 44.5. The monoisotopic (exact) mass is 1600 g/mol. The summed E-state index contributed by atoms with van der Waals surface area (Å²) < 4.78 is 96.2. The molecule has 4 aliphatic heterocycles. The third kappa shape index (κ3) is 26.9. The van der Waals surface area contributed by atoms with Crippen LogP contribution in [-0.4, -0.2) is 193 Å². The number of piperidine rings is 2. The number of halogens is 3. The Kier molecular flexibility index (Phi) is 34.9. The minimum atomic E-state index is -3.67. The van der Waals surface area contributed by atoms with Crippen LogP contribution in [0.15, 0.2) is 60.9 Å². The number of aromatic nitrogens is 4. The van der Waals surface area contributed by atoms with E-state index in [4.69, 9.17) is 91.3 Å². The first-order valence-corrected chi connectivity index (χ1v) is 39.6. The molecule has 4 fully saturated rings. The van der Waals surface area contributed by atoms with Gasteiger partial charge >= 0.3 is 0 Å². The standard InChI is InChI=1S/C31H42ClN7O6S.C18H29N3O2.C18H.C13H14Cl2N4O4S/c1-6-20-17-24(27(43-3)18-25(20)39-11-9-21(10-12-39)38-13-15-45-16-14-38)35-31-33-19-22(32)30(36-31)34-23-7-8-26(42-2)29(44-4)28(23)37-46(5,40)41;1-3-14-12-16(19)18(22-2)13-17(14)21-6-4-15(5-7-21)20-8-10-23-11-9-20;1-3-5-7-9-11-13-15-17-18-16-14-12-10-8-6-4-2;1-22-9-5-4-8(10(11(9)23-2)19-24(3,20)21)17-12-7(14)6-16-13(15)18-12/h7-8,17-19,21,37H,6,9-16H2,1-5H3,(H2,33,34,35,36);12-13,15H,3-11,19H2,1-2H3;1H;4-6,19H,1-3H3,(H,16,17,18)/q;;-1;. The summed E-state index contributed by atoms with van der Waals surface area (Å²) in [6, 6.07) is 16.1. The van der Waals surface area contributed by atoms with Crippen molar-refractivity contribution in [3.05, 3.63) is 93.8 Å². The molecule has 4 aromatic carbocycles. The first-order chi connectivity index (χ1) is 53.5. The van der Waals surface area contributed by atoms with Crippen molar-refractivity contribution in [3.8, 4) is 136 Å². The molecule has 6 aromatic rings. The van der Waals surface area contributed by atoms with E-state index in [0.29, 0.717) is 46.4 Å². The largest absolute Gasteiger partial charge is 0.495 e. The third-order valence-corrected chi connectivity index (χ3v) is 19.0. The Bertz CT molecular complexity index is 4980. The van der Waals surface area contributed by atoms with Crippen LogP contribution >= 0.6 is 34.8 Å². The van der Waals surface area contributed by atoms with Gasteiger partial charge in [0.05, 0.1) is 117 Å². The van der Waals surface area contributed by atoms with Gasteiger partial charge in [-0.3, -0.25) is 25.2 Å². The zero-order valence-electron chi connectivity index (χ0n) is 63.2. The van der Waals surface area contributed by atoms with Gasteiger partial charge in [0.2, 0.25) is 31.3 Å². The molecule has 4 aliphatic rings. The van der Waals surface area contributed by atoms with E-state index < -0.39 is 20.0 Å². The first-order valence-electron chi connectivity index (χ1n) is 34.7. The summed E-state index contributed by atoms with van der Waals surface area (Å²) in [5.74, 6) is 40.9. The van der Waals surface area contributed by atoms with Gasteiger partial charge in [-0.1, -0.05) is 37.0 Å². The number of nitrogens with two attached hydrogens (primary N) is 1. The number of ether oxygens (including phenoxy) is 8. The summed E-state index contributed by atoms with van der Waals surface area (Å²) in [7, 11) is 1.79. The molecule has 6 heterocycles. The molecule has 0 radical (unpaired) electrons. The quantitative estimate of drug-likeness (QED) is 0.0159. The van der Waals surface area contributed by atoms with Crippen molar-refractivity contribution in [2.24, 2.45) is 0 Å². The Morgan fingerprint density at radius 2 is 0.910 bits per heavy atom. The second-order valence-electron chi connectivity index (χ2n) is 24.2. The minimum Gasteiger partial charge on any atom is -0.495 e. The molecule has 0 bridgehead atoms. The molecular weight excluding hydrogens is 1520 g/mol. The van der Waals surface area contributed by atoms with Crippen LogP contribution in [0.3, 0.4) is 0 Å². The molecule has 0 aliphatic carbocycles. The summed E-state index contributed by atoms with van der Waals surface area (Å²) in [5, 5.41) is 9.72. The molecule has 2 aromatic heterocycles. The highest BCUT2D eigenvalue weighted by Gasteiger charge is 2.30. The van der Waals surface area contributed by atoms with Crippen LogP contribution in [0, 0.1) is 108 Å². The van der Waals surface area contributed by atoms with Gasteiger partial charge in [0.25, 0.3) is 0 Å². The molecule has 26 nitrogen and oxygen atoms in total. The fourth-order valence-corrected chi connectivity index (χ4v) is 13.6. The number of hydrogen-bond donors (Lipinski definition) is 6. The summed E-state index contributed by atoms with van der Waals surface area (Å²) >= 11 is 18.3. The van der Waals surface area contributed by atoms with Gasteiger partial charge in [0.15, 0.2) is 34.6 Å². The van der Waals surface area contributed by atoms with Gasteiger partial charge in [-0.05, 0) is 175 Å². The molecule has 0 atom stereocenters. The van der Waals surface area contributed by atoms with E-state index in [-0.39, 0.29) is 55.8 Å². The lowest BCUT2D eigenvalue weighted by Crippen LogP contribution is -2.49. The molecule has 0 amide bonds. The molecule has 0 unspecified atom stereocenters. The van der Waals surface area contributed by atoms with Gasteiger partial charge in [-0.15, -0.1) is 12.3 Å². The van der Waals surface area contributed by atoms with Gasteiger partial charge < -0.3 is 75.8 Å². The van der Waals surface area contributed by atoms with Crippen LogP contribution < -0.4 is 69.3 Å². The van der Waals surface area contributed by atoms with Crippen molar-refractivity contribution in [1.29, 1.82) is 0 Å². The number of nitrogens with one attached hydrogen (secondary N) is 5. The number of aryl methyl sites for hydroxylation is 2. The lowest BCUT2D eigenvalue weighted by atomic mass is 10.00. The van der Waals surface area contributed by atoms with E-state index in [1.807, 2.05) is 5.92 Å². The zero-order chi connectivity index (χ0) is 80.3. The maximum Gasteiger partial charge on any atom is 0.230 e. The van der Waals surface area contributed by atoms with E-state index in [2.05, 4.69) is 192 Å². The number of nitrogens with zero attached hydrogens (tertiary/aromatic N) is 8. The Labute approximate surface area is 667 Å². The fraction of sp³-hybridized carbons (Fsp3) is 0.375. The van der Waals surface area contributed by atoms with Crippen LogP contribution in [0.5, 0.6) is 34.5 Å². The summed E-state index contributed by atoms with van der Waals surface area (Å²) in [6.07, 6.45) is 22.7. The number of terminal acetylenes is 1. The Hall–Kier alpha value is -11.1. The molecule has 111 heavy (non-hydrogen) atoms. The Morgan fingerprint density at radius 1 is 0.514 bits per heavy atom. The van der Waals surface area contributed by atoms with Crippen molar-refractivity contribution >= 4 is 118 Å². The highest BCUT2D eigenvalue weighted by molar-refractivity contribution is 7.92. The van der Waals surface area contributed by atoms with Crippen LogP contribution in [0.4, 0.5) is 63.1 Å². The topological polar surface area (TPSA) is 293 Å². The molecular formula is C80H86Cl3N14O12S2-. The molecule has 31 heteroatoms. The lowest BCUT2D eigenvalue weighted by molar-refractivity contribution is 0.0115. The van der Waals surface area contributed by atoms with Crippen LogP contribution in [0.1, 0.15) is 50.7 Å². The van der Waals surface area contributed by atoms with Gasteiger partial charge in [0, 0.05) is 87.9 Å². The Morgan fingerprint density at radius 3 is 1.31 bits per heavy atom. The zero-order valence-corrected chi connectivity index (χ0v) is 67.1. The molecule has 4 saturated heterocycles. The van der Waals surface area contributed by atoms with Crippen molar-refractivity contribution in [2.45, 2.75) is 64.5 Å². The molecule has 10 rings (SSSR count). The SMILES string of the molecule is CCc1cc(N)c(OC)cc1N1CCC(N2CCOCC2)CC1.CCc1cc(Nc2ncc(Cl)c(Nc3ccc(OC)c(OC)c3NS(C)(=O)=O)n2)c(OC)cc1N1CCC(N2CCOCC2)CC1.COc1ccc(Nc2nc(Cl)ncc2Cl)c(NS(C)(=O)=O)c1OC.[C-]#CC#CC#CC#CC#CC#CC#CC#CC#C. The normalized spacial score (nSPS) is 14.0. The van der Waals surface area contributed by atoms with Crippen molar-refractivity contribution in [2.75, 3.05) is 175 Å². The summed E-state index contributed by atoms with van der Waals surface area (Å²) in [4.78, 5) is 26.8. The molecule has 582 valence electrons. The van der Waals surface area contributed by atoms with E-state index in [1.54, 1.807) is 38.5 Å². The number of morpholine rings is 2. The van der Waals surface area contributed by atoms with Crippen LogP contribution in [0.25, 0.3) is 0 Å². The van der Waals surface area contributed by atoms with Crippen molar-refractivity contribution in [3.63, 3.8) is 0 Å². The maximum absolute atomic E-state index is 12.2. The predicted octanol–water partition coefficient (Wildman–Crippen LogP) is 10.2. The fourth-order valence-electron chi connectivity index (χ4n) is 12.1. The smallest absolute Gasteiger partial charge is 0.230 e. The van der Waals surface area contributed by atoms with Crippen molar-refractivity contribution in [1.82, 2.24) is 29.7 Å². The van der Waals surface area contributed by atoms with Crippen LogP contribution in [-0.2, 0) is 42.4 Å². The van der Waals surface area contributed by atoms with Gasteiger partial charge in [-0.2, -0.15) is 9.97 Å². The van der Waals surface area contributed by atoms with Gasteiger partial charge in [-0.25, -0.2) is 32.7 Å². The molecule has 7 N–H and O–H groups in total. The highest BCUT2D eigenvalue weighted by atomic mass is 35.5. The van der Waals surface area contributed by atoms with Gasteiger partial charge in [0.1, 0.15) is 32.9 Å². The summed E-state index contributed by atoms with van der Waals surface area (Å²) in [5.41, 5.74) is 13.4. The summed E-state index contributed by atoms with van der Waals surface area (Å²) in [6.45, 7) is 16.1. The number of benzene rings is 4. The van der Waals surface area contributed by atoms with E-state index in [1.165, 1.54) is 76.2 Å². The third-order valence-electron chi connectivity index (χ3n) is 17.2. The number of nitrogen functional groups attached to an aromatic ring is 1. The highest BCUT2D eigenvalue weighted by Crippen LogP contribution is 2.45. The van der Waals surface area contributed by atoms with Crippen LogP contribution in [0.2, 0.25) is 15.3 Å². The number of methoxy groups -OCH3 is 6. The van der Waals surface area contributed by atoms with E-state index in [9.17, 15) is 16.8 Å². The number of rotatable bonds is 22.